The highest BCUT2D eigenvalue weighted by Crippen LogP contribution is 2.19. The molecule has 0 radical (unpaired) electrons. The lowest BCUT2D eigenvalue weighted by atomic mass is 10.2. The molecule has 1 atom stereocenters. The molecule has 3 rings (SSSR count). The monoisotopic (exact) mass is 459 g/mol. The van der Waals surface area contributed by atoms with Gasteiger partial charge in [-0.25, -0.2) is 14.2 Å². The van der Waals surface area contributed by atoms with E-state index in [0.717, 1.165) is 10.8 Å². The van der Waals surface area contributed by atoms with E-state index in [1.54, 1.807) is 24.4 Å². The maximum Gasteiger partial charge on any atom is 0.412 e. The smallest absolute Gasteiger partial charge is 0.412 e. The quantitative estimate of drug-likeness (QED) is 0.391. The molecule has 0 saturated heterocycles. The van der Waals surface area contributed by atoms with Gasteiger partial charge in [0.15, 0.2) is 0 Å². The third-order valence-electron chi connectivity index (χ3n) is 4.56. The van der Waals surface area contributed by atoms with Crippen molar-refractivity contribution >= 4 is 40.2 Å². The average Bonchev–Trinajstić information content (AvgIpc) is 2.79. The Morgan fingerprint density at radius 1 is 1.16 bits per heavy atom. The number of hydrogen-bond donors (Lipinski definition) is 4. The highest BCUT2D eigenvalue weighted by Gasteiger charge is 2.14. The number of nitrogens with one attached hydrogen (secondary N) is 3. The standard InChI is InChI=1S/C22H23ClFN5O3/c23-21-16(6-3-7-18(21)24)10-26-12-20(30)28-17(9-25)13-32-22(31)29-19-8-14-4-1-2-5-15(14)11-27-19/h1-8,11,17,26H,9-10,12-13,25H2,(H,28,30)(H,27,29,31)/t17-/m0/s1. The molecular weight excluding hydrogens is 437 g/mol. The number of carbonyl (C=O) groups excluding carboxylic acids is 2. The molecular formula is C22H23ClFN5O3. The second-order valence-corrected chi connectivity index (χ2v) is 7.33. The number of halogens is 2. The Kier molecular flexibility index (Phi) is 8.32. The van der Waals surface area contributed by atoms with Crippen LogP contribution in [0.2, 0.25) is 5.02 Å². The molecule has 0 aliphatic heterocycles. The van der Waals surface area contributed by atoms with E-state index in [-0.39, 0.29) is 37.2 Å². The summed E-state index contributed by atoms with van der Waals surface area (Å²) in [5.41, 5.74) is 6.20. The van der Waals surface area contributed by atoms with Crippen LogP contribution < -0.4 is 21.7 Å². The molecule has 32 heavy (non-hydrogen) atoms. The Labute approximate surface area is 189 Å². The van der Waals surface area contributed by atoms with Crippen molar-refractivity contribution in [3.05, 3.63) is 71.1 Å². The number of nitrogens with zero attached hydrogens (tertiary/aromatic N) is 1. The zero-order valence-electron chi connectivity index (χ0n) is 17.1. The second-order valence-electron chi connectivity index (χ2n) is 6.96. The highest BCUT2D eigenvalue weighted by atomic mass is 35.5. The van der Waals surface area contributed by atoms with E-state index in [1.165, 1.54) is 6.07 Å². The lowest BCUT2D eigenvalue weighted by Crippen LogP contribution is -2.47. The van der Waals surface area contributed by atoms with Crippen LogP contribution in [0.5, 0.6) is 0 Å². The average molecular weight is 460 g/mol. The predicted octanol–water partition coefficient (Wildman–Crippen LogP) is 2.81. The number of rotatable bonds is 9. The molecule has 0 spiro atoms. The van der Waals surface area contributed by atoms with Crippen LogP contribution in [0.4, 0.5) is 15.0 Å². The topological polar surface area (TPSA) is 118 Å². The number of pyridine rings is 1. The number of hydrogen-bond acceptors (Lipinski definition) is 6. The molecule has 5 N–H and O–H groups in total. The highest BCUT2D eigenvalue weighted by molar-refractivity contribution is 6.31. The Bertz CT molecular complexity index is 1100. The van der Waals surface area contributed by atoms with Crippen LogP contribution in [-0.2, 0) is 16.1 Å². The van der Waals surface area contributed by atoms with Gasteiger partial charge in [0.05, 0.1) is 17.6 Å². The fraction of sp³-hybridized carbons (Fsp3) is 0.227. The minimum atomic E-state index is -0.709. The van der Waals surface area contributed by atoms with Crippen molar-refractivity contribution in [2.45, 2.75) is 12.6 Å². The van der Waals surface area contributed by atoms with Crippen molar-refractivity contribution in [3.8, 4) is 0 Å². The lowest BCUT2D eigenvalue weighted by Gasteiger charge is -2.17. The van der Waals surface area contributed by atoms with E-state index in [2.05, 4.69) is 20.9 Å². The van der Waals surface area contributed by atoms with Crippen LogP contribution in [0.3, 0.4) is 0 Å². The summed E-state index contributed by atoms with van der Waals surface area (Å²) < 4.78 is 18.6. The zero-order chi connectivity index (χ0) is 22.9. The molecule has 1 heterocycles. The maximum absolute atomic E-state index is 13.4. The van der Waals surface area contributed by atoms with Crippen molar-refractivity contribution in [3.63, 3.8) is 0 Å². The minimum absolute atomic E-state index is 0.0144. The molecule has 0 unspecified atom stereocenters. The van der Waals surface area contributed by atoms with Crippen LogP contribution in [0, 0.1) is 5.82 Å². The predicted molar refractivity (Wildman–Crippen MR) is 121 cm³/mol. The molecule has 10 heteroatoms. The first-order valence-electron chi connectivity index (χ1n) is 9.88. The first kappa shape index (κ1) is 23.4. The van der Waals surface area contributed by atoms with E-state index in [0.29, 0.717) is 11.4 Å². The fourth-order valence-corrected chi connectivity index (χ4v) is 3.10. The summed E-state index contributed by atoms with van der Waals surface area (Å²) in [4.78, 5) is 28.3. The Morgan fingerprint density at radius 2 is 1.94 bits per heavy atom. The molecule has 2 amide bonds. The maximum atomic E-state index is 13.4. The second kappa shape index (κ2) is 11.4. The van der Waals surface area contributed by atoms with Gasteiger partial charge in [0, 0.05) is 24.7 Å². The molecule has 0 aliphatic rings. The van der Waals surface area contributed by atoms with Gasteiger partial charge in [0.1, 0.15) is 18.2 Å². The summed E-state index contributed by atoms with van der Waals surface area (Å²) in [5.74, 6) is -0.525. The summed E-state index contributed by atoms with van der Waals surface area (Å²) in [6, 6.07) is 13.2. The largest absolute Gasteiger partial charge is 0.447 e. The summed E-state index contributed by atoms with van der Waals surface area (Å²) in [6.07, 6.45) is 0.942. The molecule has 0 bridgehead atoms. The van der Waals surface area contributed by atoms with Gasteiger partial charge in [-0.3, -0.25) is 10.1 Å². The molecule has 3 aromatic rings. The molecule has 0 fully saturated rings. The van der Waals surface area contributed by atoms with E-state index in [9.17, 15) is 14.0 Å². The number of ether oxygens (including phenoxy) is 1. The lowest BCUT2D eigenvalue weighted by molar-refractivity contribution is -0.121. The zero-order valence-corrected chi connectivity index (χ0v) is 17.9. The van der Waals surface area contributed by atoms with Crippen LogP contribution in [0.15, 0.2) is 54.7 Å². The number of carbonyl (C=O) groups is 2. The van der Waals surface area contributed by atoms with Crippen LogP contribution in [0.25, 0.3) is 10.8 Å². The SMILES string of the molecule is NC[C@@H](COC(=O)Nc1cc2ccccc2cn1)NC(=O)CNCc1cccc(F)c1Cl. The van der Waals surface area contributed by atoms with E-state index < -0.39 is 18.0 Å². The third-order valence-corrected chi connectivity index (χ3v) is 4.98. The van der Waals surface area contributed by atoms with Crippen LogP contribution in [0.1, 0.15) is 5.56 Å². The summed E-state index contributed by atoms with van der Waals surface area (Å²) >= 11 is 5.88. The van der Waals surface area contributed by atoms with Gasteiger partial charge in [0.2, 0.25) is 5.91 Å². The normalized spacial score (nSPS) is 11.7. The van der Waals surface area contributed by atoms with Crippen molar-refractivity contribution < 1.29 is 18.7 Å². The summed E-state index contributed by atoms with van der Waals surface area (Å²) in [7, 11) is 0. The van der Waals surface area contributed by atoms with Gasteiger partial charge < -0.3 is 21.1 Å². The van der Waals surface area contributed by atoms with Gasteiger partial charge in [-0.15, -0.1) is 0 Å². The van der Waals surface area contributed by atoms with Gasteiger partial charge in [-0.05, 0) is 23.1 Å². The van der Waals surface area contributed by atoms with E-state index in [4.69, 9.17) is 22.1 Å². The molecule has 2 aromatic carbocycles. The van der Waals surface area contributed by atoms with Crippen LogP contribution >= 0.6 is 11.6 Å². The number of nitrogens with two attached hydrogens (primary N) is 1. The third kappa shape index (κ3) is 6.61. The van der Waals surface area contributed by atoms with Gasteiger partial charge in [-0.2, -0.15) is 0 Å². The number of benzene rings is 2. The van der Waals surface area contributed by atoms with Crippen molar-refractivity contribution in [1.82, 2.24) is 15.6 Å². The Morgan fingerprint density at radius 3 is 2.72 bits per heavy atom. The molecule has 0 aliphatic carbocycles. The van der Waals surface area contributed by atoms with Gasteiger partial charge >= 0.3 is 6.09 Å². The first-order valence-corrected chi connectivity index (χ1v) is 10.3. The Balaban J connectivity index is 1.41. The van der Waals surface area contributed by atoms with Crippen molar-refractivity contribution in [2.75, 3.05) is 25.0 Å². The first-order chi connectivity index (χ1) is 15.5. The molecule has 1 aromatic heterocycles. The van der Waals surface area contributed by atoms with Gasteiger partial charge in [0.25, 0.3) is 0 Å². The Hall–Kier alpha value is -3.27. The number of anilines is 1. The van der Waals surface area contributed by atoms with E-state index in [1.807, 2.05) is 24.3 Å². The molecule has 168 valence electrons. The van der Waals surface area contributed by atoms with E-state index >= 15 is 0 Å². The summed E-state index contributed by atoms with van der Waals surface area (Å²) in [5, 5.41) is 9.99. The van der Waals surface area contributed by atoms with Crippen molar-refractivity contribution in [1.29, 1.82) is 0 Å². The number of aromatic nitrogens is 1. The molecule has 0 saturated carbocycles. The minimum Gasteiger partial charge on any atom is -0.447 e. The van der Waals surface area contributed by atoms with Crippen LogP contribution in [-0.4, -0.2) is 42.7 Å². The number of amides is 2. The summed E-state index contributed by atoms with van der Waals surface area (Å²) in [6.45, 7) is 0.131. The number of fused-ring (bicyclic) bond motifs is 1. The van der Waals surface area contributed by atoms with Crippen molar-refractivity contribution in [2.24, 2.45) is 5.73 Å². The molecule has 8 nitrogen and oxygen atoms in total. The fourth-order valence-electron chi connectivity index (χ4n) is 2.91. The van der Waals surface area contributed by atoms with Gasteiger partial charge in [-0.1, -0.05) is 48.0 Å².